The van der Waals surface area contributed by atoms with Crippen molar-refractivity contribution in [3.63, 3.8) is 0 Å². The Morgan fingerprint density at radius 3 is 2.73 bits per heavy atom. The van der Waals surface area contributed by atoms with E-state index in [2.05, 4.69) is 5.32 Å². The highest BCUT2D eigenvalue weighted by Crippen LogP contribution is 2.33. The molecule has 4 unspecified atom stereocenters. The lowest BCUT2D eigenvalue weighted by Gasteiger charge is -2.46. The molecule has 4 N–H and O–H groups in total. The summed E-state index contributed by atoms with van der Waals surface area (Å²) in [5.74, 6) is -0.523. The largest absolute Gasteiger partial charge is 0.459 e. The van der Waals surface area contributed by atoms with Gasteiger partial charge in [-0.05, 0) is 44.7 Å². The molecule has 6 nitrogen and oxygen atoms in total. The molecule has 1 aromatic carbocycles. The maximum atomic E-state index is 12.3. The van der Waals surface area contributed by atoms with Crippen LogP contribution in [0.1, 0.15) is 62.7 Å². The van der Waals surface area contributed by atoms with Gasteiger partial charge >= 0.3 is 5.97 Å². The van der Waals surface area contributed by atoms with Gasteiger partial charge in [0.25, 0.3) is 0 Å². The van der Waals surface area contributed by atoms with Crippen LogP contribution in [0.5, 0.6) is 0 Å². The summed E-state index contributed by atoms with van der Waals surface area (Å²) in [6.45, 7) is 3.71. The van der Waals surface area contributed by atoms with Gasteiger partial charge in [-0.2, -0.15) is 0 Å². The minimum absolute atomic E-state index is 0.109. The molecule has 0 saturated heterocycles. The molecule has 0 aliphatic heterocycles. The highest BCUT2D eigenvalue weighted by molar-refractivity contribution is 5.89. The van der Waals surface area contributed by atoms with Crippen LogP contribution in [-0.2, 0) is 9.53 Å². The molecule has 1 fully saturated rings. The van der Waals surface area contributed by atoms with E-state index >= 15 is 0 Å². The quantitative estimate of drug-likeness (QED) is 0.645. The van der Waals surface area contributed by atoms with E-state index in [1.54, 1.807) is 31.2 Å². The third-order valence-corrected chi connectivity index (χ3v) is 4.97. The van der Waals surface area contributed by atoms with Crippen LogP contribution < -0.4 is 11.1 Å². The smallest absolute Gasteiger partial charge is 0.338 e. The number of esters is 1. The van der Waals surface area contributed by atoms with Crippen molar-refractivity contribution >= 4 is 11.9 Å². The Balaban J connectivity index is 2.10. The van der Waals surface area contributed by atoms with Crippen LogP contribution in [0.2, 0.25) is 0 Å². The number of hydrogen-bond acceptors (Lipinski definition) is 5. The Morgan fingerprint density at radius 1 is 1.38 bits per heavy atom. The maximum absolute atomic E-state index is 12.3. The first-order valence-electron chi connectivity index (χ1n) is 9.38. The Hall–Kier alpha value is -1.92. The topological polar surface area (TPSA) is 102 Å². The number of amides is 1. The zero-order valence-corrected chi connectivity index (χ0v) is 15.6. The van der Waals surface area contributed by atoms with Crippen molar-refractivity contribution in [2.75, 3.05) is 0 Å². The van der Waals surface area contributed by atoms with Gasteiger partial charge < -0.3 is 20.9 Å². The van der Waals surface area contributed by atoms with Crippen molar-refractivity contribution in [3.8, 4) is 0 Å². The third-order valence-electron chi connectivity index (χ3n) is 4.97. The third kappa shape index (κ3) is 5.05. The molecular weight excluding hydrogens is 332 g/mol. The number of carbonyl (C=O) groups is 2. The minimum Gasteiger partial charge on any atom is -0.459 e. The van der Waals surface area contributed by atoms with Gasteiger partial charge in [0.15, 0.2) is 0 Å². The van der Waals surface area contributed by atoms with Crippen molar-refractivity contribution in [3.05, 3.63) is 35.9 Å². The van der Waals surface area contributed by atoms with E-state index in [9.17, 15) is 14.7 Å². The Morgan fingerprint density at radius 2 is 2.08 bits per heavy atom. The van der Waals surface area contributed by atoms with Crippen LogP contribution in [0.15, 0.2) is 30.3 Å². The molecule has 1 aliphatic rings. The van der Waals surface area contributed by atoms with E-state index in [1.165, 1.54) is 0 Å². The number of aliphatic hydroxyl groups excluding tert-OH is 1. The van der Waals surface area contributed by atoms with Crippen LogP contribution in [0.4, 0.5) is 0 Å². The second-order valence-corrected chi connectivity index (χ2v) is 7.24. The van der Waals surface area contributed by atoms with Crippen molar-refractivity contribution in [1.29, 1.82) is 0 Å². The zero-order valence-electron chi connectivity index (χ0n) is 15.6. The Labute approximate surface area is 155 Å². The van der Waals surface area contributed by atoms with E-state index in [1.807, 2.05) is 13.0 Å². The van der Waals surface area contributed by atoms with Crippen molar-refractivity contribution in [2.45, 2.75) is 76.2 Å². The normalized spacial score (nSPS) is 26.8. The molecule has 0 radical (unpaired) electrons. The molecule has 1 aliphatic carbocycles. The fraction of sp³-hybridized carbons (Fsp3) is 0.600. The van der Waals surface area contributed by atoms with Gasteiger partial charge in [0.2, 0.25) is 5.91 Å². The van der Waals surface area contributed by atoms with Crippen LogP contribution in [0, 0.1) is 0 Å². The number of nitrogens with two attached hydrogens (primary N) is 1. The predicted molar refractivity (Wildman–Crippen MR) is 99.6 cm³/mol. The van der Waals surface area contributed by atoms with Gasteiger partial charge in [-0.25, -0.2) is 4.79 Å². The van der Waals surface area contributed by atoms with E-state index in [-0.39, 0.29) is 5.91 Å². The van der Waals surface area contributed by atoms with Gasteiger partial charge in [-0.1, -0.05) is 25.1 Å². The standard InChI is InChI=1S/C20H30N2O4/c1-3-8-17(23)22-20(12-7-11-16(21)18(20)24)13-14(2)26-19(25)15-9-5-4-6-10-15/h4-6,9-10,14,16,18,24H,3,7-8,11-13,21H2,1-2H3,(H,22,23). The SMILES string of the molecule is CCCC(=O)NC1(CC(C)OC(=O)c2ccccc2)CCCC(N)C1O. The molecular formula is C20H30N2O4. The molecule has 26 heavy (non-hydrogen) atoms. The first kappa shape index (κ1) is 20.4. The molecule has 144 valence electrons. The summed E-state index contributed by atoms with van der Waals surface area (Å²) >= 11 is 0. The number of hydrogen-bond donors (Lipinski definition) is 3. The number of nitrogens with one attached hydrogen (secondary N) is 1. The summed E-state index contributed by atoms with van der Waals surface area (Å²) in [6, 6.07) is 8.37. The fourth-order valence-corrected chi connectivity index (χ4v) is 3.73. The molecule has 0 spiro atoms. The molecule has 0 aromatic heterocycles. The highest BCUT2D eigenvalue weighted by atomic mass is 16.5. The molecule has 0 bridgehead atoms. The first-order valence-corrected chi connectivity index (χ1v) is 9.38. The van der Waals surface area contributed by atoms with E-state index in [0.717, 1.165) is 12.8 Å². The molecule has 4 atom stereocenters. The van der Waals surface area contributed by atoms with Crippen molar-refractivity contribution in [2.24, 2.45) is 5.73 Å². The van der Waals surface area contributed by atoms with Gasteiger partial charge in [-0.3, -0.25) is 4.79 Å². The highest BCUT2D eigenvalue weighted by Gasteiger charge is 2.46. The summed E-state index contributed by atoms with van der Waals surface area (Å²) in [4.78, 5) is 24.5. The number of rotatable bonds is 7. The zero-order chi connectivity index (χ0) is 19.2. The van der Waals surface area contributed by atoms with Crippen LogP contribution in [0.25, 0.3) is 0 Å². The van der Waals surface area contributed by atoms with E-state index < -0.39 is 29.8 Å². The maximum Gasteiger partial charge on any atom is 0.338 e. The minimum atomic E-state index is -0.866. The van der Waals surface area contributed by atoms with Crippen LogP contribution in [0.3, 0.4) is 0 Å². The summed E-state index contributed by atoms with van der Waals surface area (Å²) in [7, 11) is 0. The Kier molecular flexibility index (Phi) is 7.17. The van der Waals surface area contributed by atoms with Crippen LogP contribution in [-0.4, -0.2) is 40.8 Å². The van der Waals surface area contributed by atoms with E-state index in [0.29, 0.717) is 31.2 Å². The summed E-state index contributed by atoms with van der Waals surface area (Å²) in [6.07, 6.45) is 2.25. The molecule has 1 aromatic rings. The summed E-state index contributed by atoms with van der Waals surface area (Å²) in [5.41, 5.74) is 5.68. The van der Waals surface area contributed by atoms with Crippen molar-refractivity contribution < 1.29 is 19.4 Å². The lowest BCUT2D eigenvalue weighted by molar-refractivity contribution is -0.127. The van der Waals surface area contributed by atoms with Gasteiger partial charge in [0, 0.05) is 18.9 Å². The molecule has 2 rings (SSSR count). The molecule has 1 saturated carbocycles. The number of ether oxygens (including phenoxy) is 1. The lowest BCUT2D eigenvalue weighted by atomic mass is 9.73. The number of aliphatic hydroxyl groups is 1. The van der Waals surface area contributed by atoms with Crippen LogP contribution >= 0.6 is 0 Å². The summed E-state index contributed by atoms with van der Waals surface area (Å²) in [5, 5.41) is 13.7. The summed E-state index contributed by atoms with van der Waals surface area (Å²) < 4.78 is 5.55. The second kappa shape index (κ2) is 9.14. The molecule has 1 amide bonds. The second-order valence-electron chi connectivity index (χ2n) is 7.24. The average molecular weight is 362 g/mol. The molecule has 0 heterocycles. The first-order chi connectivity index (χ1) is 12.4. The van der Waals surface area contributed by atoms with Crippen molar-refractivity contribution in [1.82, 2.24) is 5.32 Å². The monoisotopic (exact) mass is 362 g/mol. The fourth-order valence-electron chi connectivity index (χ4n) is 3.73. The Bertz CT molecular complexity index is 607. The predicted octanol–water partition coefficient (Wildman–Crippen LogP) is 2.15. The van der Waals surface area contributed by atoms with Gasteiger partial charge in [0.05, 0.1) is 17.2 Å². The van der Waals surface area contributed by atoms with Gasteiger partial charge in [0.1, 0.15) is 6.10 Å². The number of benzene rings is 1. The van der Waals surface area contributed by atoms with Gasteiger partial charge in [-0.15, -0.1) is 0 Å². The average Bonchev–Trinajstić information content (AvgIpc) is 2.60. The number of carbonyl (C=O) groups excluding carboxylic acids is 2. The molecule has 6 heteroatoms. The lowest BCUT2D eigenvalue weighted by Crippen LogP contribution is -2.65. The van der Waals surface area contributed by atoms with E-state index in [4.69, 9.17) is 10.5 Å².